The van der Waals surface area contributed by atoms with Gasteiger partial charge in [0.15, 0.2) is 0 Å². The van der Waals surface area contributed by atoms with Crippen LogP contribution < -0.4 is 5.32 Å². The van der Waals surface area contributed by atoms with Gasteiger partial charge in [-0.3, -0.25) is 0 Å². The molecule has 0 spiro atoms. The zero-order valence-electron chi connectivity index (χ0n) is 10.3. The molecule has 86 valence electrons. The highest BCUT2D eigenvalue weighted by Crippen LogP contribution is 2.08. The van der Waals surface area contributed by atoms with Crippen LogP contribution in [0.25, 0.3) is 0 Å². The number of hydrogen-bond donors (Lipinski definition) is 2. The molecule has 2 unspecified atom stereocenters. The molecule has 3 heteroatoms. The Labute approximate surface area is 88.5 Å². The molecule has 0 saturated carbocycles. The summed E-state index contributed by atoms with van der Waals surface area (Å²) in [5.41, 5.74) is -0.178. The number of aliphatic hydroxyl groups excluding tert-OH is 1. The van der Waals surface area contributed by atoms with Gasteiger partial charge in [0, 0.05) is 13.1 Å². The Morgan fingerprint density at radius 3 is 2.43 bits per heavy atom. The minimum Gasteiger partial charge on any atom is -0.394 e. The quantitative estimate of drug-likeness (QED) is 0.645. The lowest BCUT2D eigenvalue weighted by atomic mass is 10.0. The largest absolute Gasteiger partial charge is 0.394 e. The van der Waals surface area contributed by atoms with Gasteiger partial charge in [-0.15, -0.1) is 0 Å². The van der Waals surface area contributed by atoms with E-state index in [1.807, 2.05) is 14.0 Å². The van der Waals surface area contributed by atoms with Crippen molar-refractivity contribution in [1.82, 2.24) is 10.2 Å². The van der Waals surface area contributed by atoms with E-state index in [2.05, 4.69) is 31.1 Å². The summed E-state index contributed by atoms with van der Waals surface area (Å²) in [5.74, 6) is 0.722. The summed E-state index contributed by atoms with van der Waals surface area (Å²) in [6.45, 7) is 8.65. The first-order valence-corrected chi connectivity index (χ1v) is 5.45. The molecule has 0 aromatic carbocycles. The van der Waals surface area contributed by atoms with Crippen molar-refractivity contribution in [3.63, 3.8) is 0 Å². The zero-order valence-corrected chi connectivity index (χ0v) is 10.3. The molecule has 0 amide bonds. The molecule has 2 N–H and O–H groups in total. The number of aliphatic hydroxyl groups is 1. The maximum Gasteiger partial charge on any atom is 0.0623 e. The van der Waals surface area contributed by atoms with E-state index in [0.717, 1.165) is 19.0 Å². The summed E-state index contributed by atoms with van der Waals surface area (Å²) in [7, 11) is 4.00. The Hall–Kier alpha value is -0.120. The third kappa shape index (κ3) is 4.94. The molecule has 0 bridgehead atoms. The van der Waals surface area contributed by atoms with E-state index in [1.54, 1.807) is 0 Å². The molecular weight excluding hydrogens is 176 g/mol. The van der Waals surface area contributed by atoms with E-state index in [1.165, 1.54) is 6.42 Å². The number of hydrogen-bond acceptors (Lipinski definition) is 3. The minimum absolute atomic E-state index is 0.175. The Morgan fingerprint density at radius 2 is 2.07 bits per heavy atom. The summed E-state index contributed by atoms with van der Waals surface area (Å²) in [4.78, 5) is 2.28. The summed E-state index contributed by atoms with van der Waals surface area (Å²) in [6.07, 6.45) is 1.21. The molecule has 0 aromatic heterocycles. The molecule has 0 aliphatic heterocycles. The molecular formula is C11H26N2O. The van der Waals surface area contributed by atoms with Crippen molar-refractivity contribution in [3.8, 4) is 0 Å². The van der Waals surface area contributed by atoms with Gasteiger partial charge < -0.3 is 15.3 Å². The van der Waals surface area contributed by atoms with E-state index in [0.29, 0.717) is 0 Å². The minimum atomic E-state index is -0.178. The van der Waals surface area contributed by atoms with Crippen LogP contribution in [0.1, 0.15) is 27.2 Å². The van der Waals surface area contributed by atoms with Gasteiger partial charge in [0.05, 0.1) is 12.1 Å². The van der Waals surface area contributed by atoms with Gasteiger partial charge in [0.1, 0.15) is 0 Å². The third-order valence-corrected chi connectivity index (χ3v) is 2.89. The van der Waals surface area contributed by atoms with Crippen molar-refractivity contribution in [3.05, 3.63) is 0 Å². The van der Waals surface area contributed by atoms with Gasteiger partial charge in [-0.2, -0.15) is 0 Å². The van der Waals surface area contributed by atoms with Crippen LogP contribution >= 0.6 is 0 Å². The highest BCUT2D eigenvalue weighted by atomic mass is 16.3. The molecule has 0 aliphatic rings. The van der Waals surface area contributed by atoms with Crippen molar-refractivity contribution in [1.29, 1.82) is 0 Å². The fourth-order valence-corrected chi connectivity index (χ4v) is 1.53. The van der Waals surface area contributed by atoms with Crippen LogP contribution in [0.3, 0.4) is 0 Å². The number of rotatable bonds is 7. The predicted molar refractivity (Wildman–Crippen MR) is 61.5 cm³/mol. The molecule has 0 heterocycles. The second kappa shape index (κ2) is 6.38. The van der Waals surface area contributed by atoms with Crippen molar-refractivity contribution >= 4 is 0 Å². The average Bonchev–Trinajstić information content (AvgIpc) is 2.17. The Morgan fingerprint density at radius 1 is 1.50 bits per heavy atom. The molecule has 0 aromatic rings. The first-order chi connectivity index (χ1) is 6.47. The van der Waals surface area contributed by atoms with Crippen LogP contribution in [0.2, 0.25) is 0 Å². The van der Waals surface area contributed by atoms with Crippen LogP contribution in [0.4, 0.5) is 0 Å². The zero-order chi connectivity index (χ0) is 11.2. The fraction of sp³-hybridized carbons (Fsp3) is 1.00. The van der Waals surface area contributed by atoms with E-state index >= 15 is 0 Å². The van der Waals surface area contributed by atoms with Crippen molar-refractivity contribution < 1.29 is 5.11 Å². The van der Waals surface area contributed by atoms with Crippen LogP contribution in [-0.2, 0) is 0 Å². The van der Waals surface area contributed by atoms with E-state index in [9.17, 15) is 5.11 Å². The van der Waals surface area contributed by atoms with Gasteiger partial charge >= 0.3 is 0 Å². The smallest absolute Gasteiger partial charge is 0.0623 e. The highest BCUT2D eigenvalue weighted by molar-refractivity contribution is 4.83. The number of likely N-dealkylation sites (N-methyl/N-ethyl adjacent to an activating group) is 2. The van der Waals surface area contributed by atoms with Gasteiger partial charge in [-0.25, -0.2) is 0 Å². The topological polar surface area (TPSA) is 35.5 Å². The lowest BCUT2D eigenvalue weighted by molar-refractivity contribution is 0.131. The van der Waals surface area contributed by atoms with Crippen molar-refractivity contribution in [2.45, 2.75) is 32.7 Å². The predicted octanol–water partition coefficient (Wildman–Crippen LogP) is 0.935. The Kier molecular flexibility index (Phi) is 6.33. The third-order valence-electron chi connectivity index (χ3n) is 2.89. The lowest BCUT2D eigenvalue weighted by Crippen LogP contribution is -2.52. The van der Waals surface area contributed by atoms with E-state index in [4.69, 9.17) is 0 Å². The second-order valence-corrected chi connectivity index (χ2v) is 4.68. The standard InChI is InChI=1S/C11H26N2O/c1-6-10(2)7-13(5)8-11(3,9-14)12-4/h10,12,14H,6-9H2,1-5H3. The van der Waals surface area contributed by atoms with Crippen LogP contribution in [-0.4, -0.2) is 49.3 Å². The molecule has 0 radical (unpaired) electrons. The Balaban J connectivity index is 3.96. The number of nitrogens with one attached hydrogen (secondary N) is 1. The molecule has 14 heavy (non-hydrogen) atoms. The molecule has 2 atom stereocenters. The van der Waals surface area contributed by atoms with Gasteiger partial charge in [0.2, 0.25) is 0 Å². The van der Waals surface area contributed by atoms with Gasteiger partial charge in [0.25, 0.3) is 0 Å². The molecule has 0 fully saturated rings. The van der Waals surface area contributed by atoms with Crippen molar-refractivity contribution in [2.24, 2.45) is 5.92 Å². The summed E-state index contributed by atoms with van der Waals surface area (Å²) < 4.78 is 0. The monoisotopic (exact) mass is 202 g/mol. The van der Waals surface area contributed by atoms with Crippen molar-refractivity contribution in [2.75, 3.05) is 33.8 Å². The first kappa shape index (κ1) is 13.9. The average molecular weight is 202 g/mol. The lowest BCUT2D eigenvalue weighted by Gasteiger charge is -2.33. The summed E-state index contributed by atoms with van der Waals surface area (Å²) >= 11 is 0. The number of nitrogens with zero attached hydrogens (tertiary/aromatic N) is 1. The molecule has 3 nitrogen and oxygen atoms in total. The second-order valence-electron chi connectivity index (χ2n) is 4.68. The van der Waals surface area contributed by atoms with Gasteiger partial charge in [-0.1, -0.05) is 20.3 Å². The molecule has 0 rings (SSSR count). The molecule has 0 saturated heterocycles. The maximum atomic E-state index is 9.24. The van der Waals surface area contributed by atoms with E-state index in [-0.39, 0.29) is 12.1 Å². The fourth-order valence-electron chi connectivity index (χ4n) is 1.53. The van der Waals surface area contributed by atoms with E-state index < -0.39 is 0 Å². The van der Waals surface area contributed by atoms with Gasteiger partial charge in [-0.05, 0) is 26.9 Å². The highest BCUT2D eigenvalue weighted by Gasteiger charge is 2.22. The van der Waals surface area contributed by atoms with Crippen LogP contribution in [0, 0.1) is 5.92 Å². The first-order valence-electron chi connectivity index (χ1n) is 5.45. The van der Waals surface area contributed by atoms with Crippen LogP contribution in [0.5, 0.6) is 0 Å². The van der Waals surface area contributed by atoms with Crippen LogP contribution in [0.15, 0.2) is 0 Å². The normalized spacial score (nSPS) is 18.2. The Bertz CT molecular complexity index is 146. The molecule has 0 aliphatic carbocycles. The maximum absolute atomic E-state index is 9.24. The summed E-state index contributed by atoms with van der Waals surface area (Å²) in [6, 6.07) is 0. The summed E-state index contributed by atoms with van der Waals surface area (Å²) in [5, 5.41) is 12.4. The SMILES string of the molecule is CCC(C)CN(C)CC(C)(CO)NC.